The average Bonchev–Trinajstić information content (AvgIpc) is 2.37. The predicted octanol–water partition coefficient (Wildman–Crippen LogP) is 1.23. The minimum absolute atomic E-state index is 0.0397. The van der Waals surface area contributed by atoms with Gasteiger partial charge in [-0.15, -0.1) is 0 Å². The van der Waals surface area contributed by atoms with E-state index in [-0.39, 0.29) is 18.6 Å². The van der Waals surface area contributed by atoms with Gasteiger partial charge < -0.3 is 5.11 Å². The Morgan fingerprint density at radius 1 is 1.70 bits per heavy atom. The van der Waals surface area contributed by atoms with Crippen LogP contribution in [0.2, 0.25) is 0 Å². The van der Waals surface area contributed by atoms with Gasteiger partial charge in [-0.3, -0.25) is 0 Å². The summed E-state index contributed by atoms with van der Waals surface area (Å²) in [4.78, 5) is 2.68. The van der Waals surface area contributed by atoms with Crippen LogP contribution in [-0.2, 0) is 0 Å². The zero-order valence-corrected chi connectivity index (χ0v) is 5.51. The van der Waals surface area contributed by atoms with Gasteiger partial charge in [0.05, 0.1) is 6.04 Å². The molecule has 0 aromatic rings. The van der Waals surface area contributed by atoms with Crippen LogP contribution in [0, 0.1) is 5.92 Å². The summed E-state index contributed by atoms with van der Waals surface area (Å²) >= 11 is 0. The zero-order valence-electron chi connectivity index (χ0n) is 5.51. The molecule has 2 unspecified atom stereocenters. The lowest BCUT2D eigenvalue weighted by Crippen LogP contribution is -2.03. The lowest BCUT2D eigenvalue weighted by atomic mass is 10.1. The molecule has 0 fully saturated rings. The number of azide groups is 1. The zero-order chi connectivity index (χ0) is 7.40. The van der Waals surface area contributed by atoms with Gasteiger partial charge in [0.2, 0.25) is 0 Å². The third kappa shape index (κ3) is 1.50. The molecule has 0 aromatic heterocycles. The highest BCUT2D eigenvalue weighted by Gasteiger charge is 2.15. The molecule has 0 bridgehead atoms. The Hall–Kier alpha value is -0.990. The summed E-state index contributed by atoms with van der Waals surface area (Å²) in [5.41, 5.74) is 8.05. The molecule has 0 heterocycles. The lowest BCUT2D eigenvalue weighted by Gasteiger charge is -2.01. The van der Waals surface area contributed by atoms with Gasteiger partial charge in [-0.05, 0) is 12.0 Å². The molecule has 1 aliphatic rings. The van der Waals surface area contributed by atoms with E-state index in [0.29, 0.717) is 0 Å². The summed E-state index contributed by atoms with van der Waals surface area (Å²) in [5.74, 6) is 0.190. The van der Waals surface area contributed by atoms with Crippen LogP contribution in [0.4, 0.5) is 0 Å². The normalized spacial score (nSPS) is 30.1. The van der Waals surface area contributed by atoms with E-state index < -0.39 is 0 Å². The van der Waals surface area contributed by atoms with E-state index in [0.717, 1.165) is 6.42 Å². The molecule has 0 radical (unpaired) electrons. The van der Waals surface area contributed by atoms with Crippen LogP contribution in [0.3, 0.4) is 0 Å². The van der Waals surface area contributed by atoms with Crippen molar-refractivity contribution in [3.63, 3.8) is 0 Å². The van der Waals surface area contributed by atoms with Gasteiger partial charge in [0.25, 0.3) is 0 Å². The standard InChI is InChI=1S/C6H9N3O/c7-9-8-6-2-1-5(3-6)4-10/h1-2,5-6,10H,3-4H2. The van der Waals surface area contributed by atoms with Crippen molar-refractivity contribution >= 4 is 0 Å². The molecule has 10 heavy (non-hydrogen) atoms. The van der Waals surface area contributed by atoms with Gasteiger partial charge in [0.15, 0.2) is 0 Å². The molecule has 0 aromatic carbocycles. The van der Waals surface area contributed by atoms with Gasteiger partial charge >= 0.3 is 0 Å². The molecule has 54 valence electrons. The highest BCUT2D eigenvalue weighted by Crippen LogP contribution is 2.19. The fourth-order valence-corrected chi connectivity index (χ4v) is 1.04. The van der Waals surface area contributed by atoms with E-state index in [1.165, 1.54) is 0 Å². The fourth-order valence-electron chi connectivity index (χ4n) is 1.04. The summed E-state index contributed by atoms with van der Waals surface area (Å²) in [6, 6.07) is -0.0397. The van der Waals surface area contributed by atoms with E-state index in [4.69, 9.17) is 10.6 Å². The summed E-state index contributed by atoms with van der Waals surface area (Å²) < 4.78 is 0. The van der Waals surface area contributed by atoms with Gasteiger partial charge in [0.1, 0.15) is 0 Å². The van der Waals surface area contributed by atoms with E-state index in [9.17, 15) is 0 Å². The summed E-state index contributed by atoms with van der Waals surface area (Å²) in [6.07, 6.45) is 4.47. The molecule has 1 N–H and O–H groups in total. The van der Waals surface area contributed by atoms with Crippen LogP contribution >= 0.6 is 0 Å². The highest BCUT2D eigenvalue weighted by atomic mass is 16.3. The minimum atomic E-state index is -0.0397. The molecule has 1 rings (SSSR count). The summed E-state index contributed by atoms with van der Waals surface area (Å²) in [7, 11) is 0. The first-order valence-electron chi connectivity index (χ1n) is 3.20. The molecule has 4 heteroatoms. The van der Waals surface area contributed by atoms with Crippen LogP contribution in [0.25, 0.3) is 10.4 Å². The van der Waals surface area contributed by atoms with Gasteiger partial charge in [-0.1, -0.05) is 17.3 Å². The van der Waals surface area contributed by atoms with Crippen molar-refractivity contribution in [2.45, 2.75) is 12.5 Å². The summed E-state index contributed by atoms with van der Waals surface area (Å²) in [6.45, 7) is 0.147. The van der Waals surface area contributed by atoms with Crippen molar-refractivity contribution in [1.29, 1.82) is 0 Å². The second-order valence-corrected chi connectivity index (χ2v) is 2.34. The van der Waals surface area contributed by atoms with Crippen molar-refractivity contribution in [3.8, 4) is 0 Å². The minimum Gasteiger partial charge on any atom is -0.396 e. The number of aliphatic hydroxyl groups excluding tert-OH is 1. The molecule has 0 saturated heterocycles. The molecule has 1 aliphatic carbocycles. The van der Waals surface area contributed by atoms with Crippen LogP contribution < -0.4 is 0 Å². The lowest BCUT2D eigenvalue weighted by molar-refractivity contribution is 0.249. The summed E-state index contributed by atoms with van der Waals surface area (Å²) in [5, 5.41) is 12.2. The fraction of sp³-hybridized carbons (Fsp3) is 0.667. The largest absolute Gasteiger partial charge is 0.396 e. The van der Waals surface area contributed by atoms with Crippen molar-refractivity contribution in [2.75, 3.05) is 6.61 Å². The smallest absolute Gasteiger partial charge is 0.0561 e. The van der Waals surface area contributed by atoms with Crippen molar-refractivity contribution in [1.82, 2.24) is 0 Å². The quantitative estimate of drug-likeness (QED) is 0.266. The highest BCUT2D eigenvalue weighted by molar-refractivity contribution is 5.05. The maximum absolute atomic E-state index is 8.67. The molecular formula is C6H9N3O. The monoisotopic (exact) mass is 139 g/mol. The molecule has 0 spiro atoms. The average molecular weight is 139 g/mol. The Morgan fingerprint density at radius 3 is 3.00 bits per heavy atom. The Kier molecular flexibility index (Phi) is 2.31. The van der Waals surface area contributed by atoms with E-state index in [1.54, 1.807) is 0 Å². The maximum Gasteiger partial charge on any atom is 0.0561 e. The molecular weight excluding hydrogens is 130 g/mol. The van der Waals surface area contributed by atoms with Crippen molar-refractivity contribution < 1.29 is 5.11 Å². The number of hydrogen-bond acceptors (Lipinski definition) is 2. The second-order valence-electron chi connectivity index (χ2n) is 2.34. The number of nitrogens with zero attached hydrogens (tertiary/aromatic N) is 3. The molecule has 0 aliphatic heterocycles. The first-order chi connectivity index (χ1) is 4.86. The SMILES string of the molecule is [N-]=[N+]=NC1C=CC(CO)C1. The Balaban J connectivity index is 2.44. The predicted molar refractivity (Wildman–Crippen MR) is 37.3 cm³/mol. The number of rotatable bonds is 2. The van der Waals surface area contributed by atoms with Crippen molar-refractivity contribution in [3.05, 3.63) is 22.6 Å². The van der Waals surface area contributed by atoms with Gasteiger partial charge in [-0.2, -0.15) is 0 Å². The molecule has 0 saturated carbocycles. The van der Waals surface area contributed by atoms with E-state index in [1.807, 2.05) is 12.2 Å². The van der Waals surface area contributed by atoms with Crippen molar-refractivity contribution in [2.24, 2.45) is 11.0 Å². The maximum atomic E-state index is 8.67. The van der Waals surface area contributed by atoms with Crippen LogP contribution in [0.1, 0.15) is 6.42 Å². The topological polar surface area (TPSA) is 69.0 Å². The molecule has 2 atom stereocenters. The second kappa shape index (κ2) is 3.25. The first-order valence-corrected chi connectivity index (χ1v) is 3.20. The molecule has 0 amide bonds. The van der Waals surface area contributed by atoms with Crippen LogP contribution in [-0.4, -0.2) is 17.8 Å². The number of aliphatic hydroxyl groups is 1. The third-order valence-electron chi connectivity index (χ3n) is 1.58. The van der Waals surface area contributed by atoms with Gasteiger partial charge in [0, 0.05) is 17.4 Å². The Labute approximate surface area is 58.8 Å². The Bertz CT molecular complexity index is 183. The van der Waals surface area contributed by atoms with E-state index in [2.05, 4.69) is 10.0 Å². The van der Waals surface area contributed by atoms with Crippen LogP contribution in [0.5, 0.6) is 0 Å². The molecule has 4 nitrogen and oxygen atoms in total. The Morgan fingerprint density at radius 2 is 2.50 bits per heavy atom. The van der Waals surface area contributed by atoms with E-state index >= 15 is 0 Å². The van der Waals surface area contributed by atoms with Crippen LogP contribution in [0.15, 0.2) is 17.3 Å². The first kappa shape index (κ1) is 7.12. The third-order valence-corrected chi connectivity index (χ3v) is 1.58. The van der Waals surface area contributed by atoms with Gasteiger partial charge in [-0.25, -0.2) is 0 Å². The number of hydrogen-bond donors (Lipinski definition) is 1.